The molecule has 0 bridgehead atoms. The van der Waals surface area contributed by atoms with Gasteiger partial charge in [-0.25, -0.2) is 0 Å². The van der Waals surface area contributed by atoms with E-state index >= 15 is 0 Å². The molecule has 3 heteroatoms. The van der Waals surface area contributed by atoms with Gasteiger partial charge < -0.3 is 5.11 Å². The molecule has 0 aromatic carbocycles. The number of aliphatic carboxylic acids is 1. The minimum atomic E-state index is -0.697. The summed E-state index contributed by atoms with van der Waals surface area (Å²) in [6, 6.07) is 4.03. The SMILES string of the molecule is Cc1ccc([C@H]2C[C@@H]2CC(=O)O)cn1. The van der Waals surface area contributed by atoms with Gasteiger partial charge in [-0.05, 0) is 36.8 Å². The standard InChI is InChI=1S/C11H13NO2/c1-7-2-3-8(6-12-7)10-4-9(10)5-11(13)14/h2-3,6,9-10H,4-5H2,1H3,(H,13,14)/t9-,10-/m1/s1. The van der Waals surface area contributed by atoms with E-state index in [0.717, 1.165) is 12.1 Å². The highest BCUT2D eigenvalue weighted by Crippen LogP contribution is 2.49. The van der Waals surface area contributed by atoms with E-state index < -0.39 is 5.97 Å². The highest BCUT2D eigenvalue weighted by molar-refractivity contribution is 5.67. The number of aromatic nitrogens is 1. The van der Waals surface area contributed by atoms with Crippen molar-refractivity contribution in [1.82, 2.24) is 4.98 Å². The van der Waals surface area contributed by atoms with Crippen LogP contribution in [0.1, 0.15) is 30.0 Å². The fourth-order valence-corrected chi connectivity index (χ4v) is 1.80. The minimum absolute atomic E-state index is 0.290. The zero-order valence-electron chi connectivity index (χ0n) is 8.10. The Balaban J connectivity index is 1.99. The van der Waals surface area contributed by atoms with Crippen molar-refractivity contribution in [1.29, 1.82) is 0 Å². The van der Waals surface area contributed by atoms with Gasteiger partial charge in [0.2, 0.25) is 0 Å². The summed E-state index contributed by atoms with van der Waals surface area (Å²) in [5, 5.41) is 8.62. The Kier molecular flexibility index (Phi) is 2.23. The Morgan fingerprint density at radius 3 is 3.00 bits per heavy atom. The van der Waals surface area contributed by atoms with Crippen molar-refractivity contribution in [2.75, 3.05) is 0 Å². The molecule has 1 aromatic heterocycles. The number of rotatable bonds is 3. The molecule has 0 amide bonds. The summed E-state index contributed by atoms with van der Waals surface area (Å²) in [6.07, 6.45) is 3.15. The average molecular weight is 191 g/mol. The number of hydrogen-bond acceptors (Lipinski definition) is 2. The van der Waals surface area contributed by atoms with Crippen LogP contribution in [-0.4, -0.2) is 16.1 Å². The Morgan fingerprint density at radius 1 is 1.64 bits per heavy atom. The van der Waals surface area contributed by atoms with Crippen LogP contribution in [0, 0.1) is 12.8 Å². The molecule has 1 aliphatic carbocycles. The van der Waals surface area contributed by atoms with Crippen LogP contribution in [-0.2, 0) is 4.79 Å². The van der Waals surface area contributed by atoms with Crippen molar-refractivity contribution in [3.8, 4) is 0 Å². The van der Waals surface area contributed by atoms with Gasteiger partial charge in [0.1, 0.15) is 0 Å². The molecule has 1 aromatic rings. The second kappa shape index (κ2) is 3.40. The summed E-state index contributed by atoms with van der Waals surface area (Å²) in [6.45, 7) is 1.95. The fraction of sp³-hybridized carbons (Fsp3) is 0.455. The lowest BCUT2D eigenvalue weighted by Crippen LogP contribution is -1.96. The van der Waals surface area contributed by atoms with Gasteiger partial charge in [0.05, 0.1) is 0 Å². The molecule has 1 fully saturated rings. The normalized spacial score (nSPS) is 24.6. The van der Waals surface area contributed by atoms with Crippen LogP contribution in [0.25, 0.3) is 0 Å². The average Bonchev–Trinajstić information content (AvgIpc) is 2.84. The van der Waals surface area contributed by atoms with Gasteiger partial charge in [0.15, 0.2) is 0 Å². The van der Waals surface area contributed by atoms with Gasteiger partial charge in [-0.15, -0.1) is 0 Å². The highest BCUT2D eigenvalue weighted by Gasteiger charge is 2.39. The maximum absolute atomic E-state index is 10.5. The van der Waals surface area contributed by atoms with Gasteiger partial charge in [-0.3, -0.25) is 9.78 Å². The van der Waals surface area contributed by atoms with Crippen LogP contribution in [0.15, 0.2) is 18.3 Å². The number of pyridine rings is 1. The van der Waals surface area contributed by atoms with E-state index in [9.17, 15) is 4.79 Å². The van der Waals surface area contributed by atoms with Crippen LogP contribution in [0.5, 0.6) is 0 Å². The van der Waals surface area contributed by atoms with Crippen LogP contribution in [0.4, 0.5) is 0 Å². The molecule has 2 rings (SSSR count). The molecule has 1 aliphatic rings. The first-order valence-corrected chi connectivity index (χ1v) is 4.81. The van der Waals surface area contributed by atoms with Crippen molar-refractivity contribution in [2.24, 2.45) is 5.92 Å². The zero-order valence-corrected chi connectivity index (χ0v) is 8.10. The quantitative estimate of drug-likeness (QED) is 0.794. The van der Waals surface area contributed by atoms with Crippen molar-refractivity contribution in [3.05, 3.63) is 29.6 Å². The summed E-state index contributed by atoms with van der Waals surface area (Å²) >= 11 is 0. The Morgan fingerprint density at radius 2 is 2.43 bits per heavy atom. The van der Waals surface area contributed by atoms with E-state index in [2.05, 4.69) is 11.1 Å². The molecule has 0 unspecified atom stereocenters. The molecule has 3 nitrogen and oxygen atoms in total. The van der Waals surface area contributed by atoms with E-state index in [1.165, 1.54) is 5.56 Å². The predicted molar refractivity (Wildman–Crippen MR) is 52.1 cm³/mol. The summed E-state index contributed by atoms with van der Waals surface area (Å²) < 4.78 is 0. The monoisotopic (exact) mass is 191 g/mol. The van der Waals surface area contributed by atoms with Crippen LogP contribution >= 0.6 is 0 Å². The molecule has 0 radical (unpaired) electrons. The largest absolute Gasteiger partial charge is 0.481 e. The van der Waals surface area contributed by atoms with Gasteiger partial charge >= 0.3 is 5.97 Å². The first-order valence-electron chi connectivity index (χ1n) is 4.81. The van der Waals surface area contributed by atoms with Crippen LogP contribution < -0.4 is 0 Å². The number of nitrogens with zero attached hydrogens (tertiary/aromatic N) is 1. The zero-order chi connectivity index (χ0) is 10.1. The molecule has 1 heterocycles. The lowest BCUT2D eigenvalue weighted by atomic mass is 10.1. The first-order chi connectivity index (χ1) is 6.66. The smallest absolute Gasteiger partial charge is 0.303 e. The van der Waals surface area contributed by atoms with E-state index in [1.807, 2.05) is 19.2 Å². The molecular formula is C11H13NO2. The number of carboxylic acids is 1. The number of carbonyl (C=O) groups is 1. The van der Waals surface area contributed by atoms with E-state index in [-0.39, 0.29) is 0 Å². The van der Waals surface area contributed by atoms with Crippen molar-refractivity contribution < 1.29 is 9.90 Å². The molecule has 1 saturated carbocycles. The predicted octanol–water partition coefficient (Wildman–Crippen LogP) is 1.97. The third-order valence-electron chi connectivity index (χ3n) is 2.72. The molecule has 2 atom stereocenters. The van der Waals surface area contributed by atoms with Gasteiger partial charge in [-0.1, -0.05) is 6.07 Å². The molecule has 0 spiro atoms. The molecule has 0 aliphatic heterocycles. The van der Waals surface area contributed by atoms with Gasteiger partial charge in [0.25, 0.3) is 0 Å². The molecule has 1 N–H and O–H groups in total. The Bertz CT molecular complexity index is 345. The van der Waals surface area contributed by atoms with Crippen LogP contribution in [0.2, 0.25) is 0 Å². The molecule has 14 heavy (non-hydrogen) atoms. The molecular weight excluding hydrogens is 178 g/mol. The third kappa shape index (κ3) is 1.92. The van der Waals surface area contributed by atoms with Crippen molar-refractivity contribution >= 4 is 5.97 Å². The summed E-state index contributed by atoms with van der Waals surface area (Å²) in [7, 11) is 0. The van der Waals surface area contributed by atoms with Crippen molar-refractivity contribution in [3.63, 3.8) is 0 Å². The highest BCUT2D eigenvalue weighted by atomic mass is 16.4. The second-order valence-electron chi connectivity index (χ2n) is 3.93. The van der Waals surface area contributed by atoms with Crippen molar-refractivity contribution in [2.45, 2.75) is 25.7 Å². The number of carboxylic acid groups (broad SMARTS) is 1. The summed E-state index contributed by atoms with van der Waals surface area (Å²) in [4.78, 5) is 14.7. The Hall–Kier alpha value is -1.38. The summed E-state index contributed by atoms with van der Waals surface area (Å²) in [5.41, 5.74) is 2.19. The lowest BCUT2D eigenvalue weighted by molar-refractivity contribution is -0.137. The van der Waals surface area contributed by atoms with Gasteiger partial charge in [0, 0.05) is 18.3 Å². The van der Waals surface area contributed by atoms with E-state index in [1.54, 1.807) is 0 Å². The van der Waals surface area contributed by atoms with Gasteiger partial charge in [-0.2, -0.15) is 0 Å². The lowest BCUT2D eigenvalue weighted by Gasteiger charge is -1.98. The molecule has 74 valence electrons. The van der Waals surface area contributed by atoms with E-state index in [4.69, 9.17) is 5.11 Å². The summed E-state index contributed by atoms with van der Waals surface area (Å²) in [5.74, 6) is 0.0637. The first kappa shape index (κ1) is 9.19. The Labute approximate surface area is 82.8 Å². The topological polar surface area (TPSA) is 50.2 Å². The van der Waals surface area contributed by atoms with E-state index in [0.29, 0.717) is 18.3 Å². The second-order valence-corrected chi connectivity index (χ2v) is 3.93. The number of hydrogen-bond donors (Lipinski definition) is 1. The molecule has 0 saturated heterocycles. The minimum Gasteiger partial charge on any atom is -0.481 e. The fourth-order valence-electron chi connectivity index (χ4n) is 1.80. The maximum Gasteiger partial charge on any atom is 0.303 e. The number of aryl methyl sites for hydroxylation is 1. The third-order valence-corrected chi connectivity index (χ3v) is 2.72. The van der Waals surface area contributed by atoms with Crippen LogP contribution in [0.3, 0.4) is 0 Å². The maximum atomic E-state index is 10.5.